The van der Waals surface area contributed by atoms with Crippen molar-refractivity contribution in [2.45, 2.75) is 19.9 Å². The third kappa shape index (κ3) is 4.45. The molecule has 0 spiro atoms. The number of anilines is 2. The molecule has 8 heteroatoms. The van der Waals surface area contributed by atoms with E-state index in [1.54, 1.807) is 4.57 Å². The highest BCUT2D eigenvalue weighted by Crippen LogP contribution is 2.33. The number of rotatable bonds is 5. The van der Waals surface area contributed by atoms with Crippen molar-refractivity contribution in [3.05, 3.63) is 113 Å². The van der Waals surface area contributed by atoms with Gasteiger partial charge >= 0.3 is 0 Å². The predicted molar refractivity (Wildman–Crippen MR) is 149 cm³/mol. The fourth-order valence-electron chi connectivity index (χ4n) is 4.25. The van der Waals surface area contributed by atoms with Gasteiger partial charge in [-0.1, -0.05) is 47.7 Å². The Labute approximate surface area is 217 Å². The average Bonchev–Trinajstić information content (AvgIpc) is 3.49. The number of carbonyl (C=O) groups excluding carboxylic acids is 1. The molecule has 0 fully saturated rings. The largest absolute Gasteiger partial charge is 0.378 e. The number of fused-ring (bicyclic) bond motifs is 1. The second-order valence-corrected chi connectivity index (χ2v) is 10.8. The molecule has 5 rings (SSSR count). The summed E-state index contributed by atoms with van der Waals surface area (Å²) in [6, 6.07) is 19.1. The number of aryl methyl sites for hydroxylation is 1. The Hall–Kier alpha value is -3.75. The highest BCUT2D eigenvalue weighted by Gasteiger charge is 2.33. The first kappa shape index (κ1) is 24.0. The molecule has 3 heterocycles. The molecule has 1 aliphatic rings. The Bertz CT molecular complexity index is 1640. The molecule has 1 N–H and O–H groups in total. The summed E-state index contributed by atoms with van der Waals surface area (Å²) < 4.78 is 2.25. The highest BCUT2D eigenvalue weighted by molar-refractivity contribution is 7.10. The predicted octanol–water partition coefficient (Wildman–Crippen LogP) is 4.31. The van der Waals surface area contributed by atoms with Crippen molar-refractivity contribution in [1.82, 2.24) is 4.57 Å². The fourth-order valence-corrected chi connectivity index (χ4v) is 6.12. The van der Waals surface area contributed by atoms with Gasteiger partial charge in [-0.15, -0.1) is 11.3 Å². The average molecular weight is 515 g/mol. The van der Waals surface area contributed by atoms with E-state index >= 15 is 0 Å². The SMILES string of the molecule is CC1=C(C(=O)Nc2ccccc2C)C(c2cccs2)n2c(s/c(=C/c3ccc(N(C)C)cc3)c2=O)=N1. The van der Waals surface area contributed by atoms with E-state index in [-0.39, 0.29) is 11.5 Å². The molecular formula is C28H26N4O2S2. The number of hydrogen-bond acceptors (Lipinski definition) is 6. The van der Waals surface area contributed by atoms with Crippen LogP contribution in [-0.2, 0) is 4.79 Å². The van der Waals surface area contributed by atoms with E-state index in [0.717, 1.165) is 27.4 Å². The normalized spacial score (nSPS) is 15.4. The number of para-hydroxylation sites is 1. The molecule has 1 unspecified atom stereocenters. The standard InChI is InChI=1S/C28H26N4O2S2/c1-17-8-5-6-9-21(17)30-26(33)24-18(2)29-28-32(25(24)22-10-7-15-35-22)27(34)23(36-28)16-19-11-13-20(14-12-19)31(3)4/h5-16,25H,1-4H3,(H,30,33)/b23-16+. The molecule has 1 amide bonds. The van der Waals surface area contributed by atoms with Gasteiger partial charge in [0.15, 0.2) is 4.80 Å². The zero-order chi connectivity index (χ0) is 25.4. The number of aromatic nitrogens is 1. The molecule has 0 saturated carbocycles. The molecule has 36 heavy (non-hydrogen) atoms. The van der Waals surface area contributed by atoms with Gasteiger partial charge < -0.3 is 10.2 Å². The Kier molecular flexibility index (Phi) is 6.47. The van der Waals surface area contributed by atoms with E-state index in [2.05, 4.69) is 5.32 Å². The lowest BCUT2D eigenvalue weighted by atomic mass is 10.0. The lowest BCUT2D eigenvalue weighted by Gasteiger charge is -2.24. The van der Waals surface area contributed by atoms with Crippen LogP contribution in [0.1, 0.15) is 29.0 Å². The van der Waals surface area contributed by atoms with Crippen LogP contribution >= 0.6 is 22.7 Å². The number of allylic oxidation sites excluding steroid dienone is 1. The summed E-state index contributed by atoms with van der Waals surface area (Å²) in [5.74, 6) is -0.252. The van der Waals surface area contributed by atoms with E-state index in [9.17, 15) is 9.59 Å². The summed E-state index contributed by atoms with van der Waals surface area (Å²) in [5, 5.41) is 5.00. The number of hydrogen-bond donors (Lipinski definition) is 1. The van der Waals surface area contributed by atoms with Crippen LogP contribution in [0, 0.1) is 6.92 Å². The van der Waals surface area contributed by atoms with Crippen molar-refractivity contribution in [3.63, 3.8) is 0 Å². The van der Waals surface area contributed by atoms with Crippen LogP contribution in [0.25, 0.3) is 6.08 Å². The Morgan fingerprint density at radius 1 is 1.06 bits per heavy atom. The number of amides is 1. The van der Waals surface area contributed by atoms with Crippen molar-refractivity contribution in [1.29, 1.82) is 0 Å². The second kappa shape index (κ2) is 9.72. The van der Waals surface area contributed by atoms with Gasteiger partial charge in [0.05, 0.1) is 15.8 Å². The van der Waals surface area contributed by atoms with Gasteiger partial charge in [0.1, 0.15) is 6.04 Å². The second-order valence-electron chi connectivity index (χ2n) is 8.85. The smallest absolute Gasteiger partial charge is 0.271 e. The summed E-state index contributed by atoms with van der Waals surface area (Å²) in [5.41, 5.74) is 4.68. The first-order chi connectivity index (χ1) is 17.3. The van der Waals surface area contributed by atoms with E-state index in [0.29, 0.717) is 20.6 Å². The lowest BCUT2D eigenvalue weighted by molar-refractivity contribution is -0.113. The van der Waals surface area contributed by atoms with Crippen molar-refractivity contribution in [3.8, 4) is 0 Å². The van der Waals surface area contributed by atoms with E-state index < -0.39 is 6.04 Å². The zero-order valence-electron chi connectivity index (χ0n) is 20.5. The lowest BCUT2D eigenvalue weighted by Crippen LogP contribution is -2.40. The number of thiazole rings is 1. The number of carbonyl (C=O) groups is 1. The minimum Gasteiger partial charge on any atom is -0.378 e. The number of nitrogens with one attached hydrogen (secondary N) is 1. The van der Waals surface area contributed by atoms with E-state index in [1.807, 2.05) is 105 Å². The molecule has 2 aromatic carbocycles. The van der Waals surface area contributed by atoms with Gasteiger partial charge in [-0.3, -0.25) is 14.2 Å². The molecule has 0 radical (unpaired) electrons. The first-order valence-corrected chi connectivity index (χ1v) is 13.2. The van der Waals surface area contributed by atoms with Gasteiger partial charge in [-0.2, -0.15) is 0 Å². The monoisotopic (exact) mass is 514 g/mol. The molecular weight excluding hydrogens is 488 g/mol. The summed E-state index contributed by atoms with van der Waals surface area (Å²) in [6.45, 7) is 3.79. The van der Waals surface area contributed by atoms with E-state index in [1.165, 1.54) is 22.7 Å². The molecule has 1 atom stereocenters. The molecule has 0 aliphatic carbocycles. The van der Waals surface area contributed by atoms with Gasteiger partial charge in [-0.05, 0) is 60.7 Å². The summed E-state index contributed by atoms with van der Waals surface area (Å²) in [7, 11) is 3.99. The van der Waals surface area contributed by atoms with Crippen LogP contribution < -0.4 is 25.1 Å². The molecule has 182 valence electrons. The Morgan fingerprint density at radius 2 is 1.81 bits per heavy atom. The number of thiophene rings is 1. The maximum Gasteiger partial charge on any atom is 0.271 e. The first-order valence-electron chi connectivity index (χ1n) is 11.5. The third-order valence-electron chi connectivity index (χ3n) is 6.18. The molecule has 2 aromatic heterocycles. The number of nitrogens with zero attached hydrogens (tertiary/aromatic N) is 3. The molecule has 1 aliphatic heterocycles. The summed E-state index contributed by atoms with van der Waals surface area (Å²) >= 11 is 2.87. The topological polar surface area (TPSA) is 66.7 Å². The fraction of sp³-hybridized carbons (Fsp3) is 0.179. The number of benzene rings is 2. The van der Waals surface area contributed by atoms with Gasteiger partial charge in [0.2, 0.25) is 0 Å². The third-order valence-corrected chi connectivity index (χ3v) is 8.09. The maximum atomic E-state index is 13.7. The van der Waals surface area contributed by atoms with Gasteiger partial charge in [0.25, 0.3) is 11.5 Å². The molecule has 0 saturated heterocycles. The summed E-state index contributed by atoms with van der Waals surface area (Å²) in [4.78, 5) is 35.6. The Morgan fingerprint density at radius 3 is 2.47 bits per heavy atom. The summed E-state index contributed by atoms with van der Waals surface area (Å²) in [6.07, 6.45) is 1.89. The minimum atomic E-state index is -0.538. The molecule has 6 nitrogen and oxygen atoms in total. The van der Waals surface area contributed by atoms with Crippen LogP contribution in [0.3, 0.4) is 0 Å². The van der Waals surface area contributed by atoms with Gasteiger partial charge in [-0.25, -0.2) is 4.99 Å². The maximum absolute atomic E-state index is 13.7. The van der Waals surface area contributed by atoms with Crippen LogP contribution in [0.15, 0.2) is 87.1 Å². The van der Waals surface area contributed by atoms with E-state index in [4.69, 9.17) is 4.99 Å². The van der Waals surface area contributed by atoms with Crippen molar-refractivity contribution < 1.29 is 4.79 Å². The van der Waals surface area contributed by atoms with Crippen molar-refractivity contribution in [2.24, 2.45) is 4.99 Å². The van der Waals surface area contributed by atoms with Crippen molar-refractivity contribution in [2.75, 3.05) is 24.3 Å². The molecule has 4 aromatic rings. The minimum absolute atomic E-state index is 0.150. The van der Waals surface area contributed by atoms with Crippen molar-refractivity contribution >= 4 is 46.0 Å². The quantitative estimate of drug-likeness (QED) is 0.432. The van der Waals surface area contributed by atoms with Crippen LogP contribution in [0.5, 0.6) is 0 Å². The van der Waals surface area contributed by atoms with Crippen LogP contribution in [-0.4, -0.2) is 24.6 Å². The van der Waals surface area contributed by atoms with Crippen LogP contribution in [0.2, 0.25) is 0 Å². The molecule has 0 bridgehead atoms. The Balaban J connectivity index is 1.61. The van der Waals surface area contributed by atoms with Crippen LogP contribution in [0.4, 0.5) is 11.4 Å². The van der Waals surface area contributed by atoms with Gasteiger partial charge in [0, 0.05) is 30.3 Å². The highest BCUT2D eigenvalue weighted by atomic mass is 32.1. The zero-order valence-corrected chi connectivity index (χ0v) is 22.1.